The number of amides is 1. The van der Waals surface area contributed by atoms with Crippen molar-refractivity contribution in [2.75, 3.05) is 11.5 Å². The Morgan fingerprint density at radius 3 is 2.61 bits per heavy atom. The predicted molar refractivity (Wildman–Crippen MR) is 86.4 cm³/mol. The highest BCUT2D eigenvalue weighted by molar-refractivity contribution is 7.91. The smallest absolute Gasteiger partial charge is 0.223 e. The monoisotopic (exact) mass is 359 g/mol. The van der Waals surface area contributed by atoms with Crippen molar-refractivity contribution in [1.29, 1.82) is 0 Å². The highest BCUT2D eigenvalue weighted by Gasteiger charge is 2.36. The van der Waals surface area contributed by atoms with Gasteiger partial charge in [-0.1, -0.05) is 17.7 Å². The van der Waals surface area contributed by atoms with E-state index < -0.39 is 15.7 Å². The summed E-state index contributed by atoms with van der Waals surface area (Å²) in [5.41, 5.74) is 0.327. The molecule has 0 aromatic heterocycles. The molecule has 0 N–H and O–H groups in total. The molecule has 0 spiro atoms. The maximum Gasteiger partial charge on any atom is 0.223 e. The highest BCUT2D eigenvalue weighted by atomic mass is 35.5. The van der Waals surface area contributed by atoms with E-state index in [1.54, 1.807) is 11.0 Å². The molecule has 1 aromatic rings. The minimum Gasteiger partial charge on any atom is -0.335 e. The average molecular weight is 360 g/mol. The summed E-state index contributed by atoms with van der Waals surface area (Å²) >= 11 is 6.05. The van der Waals surface area contributed by atoms with Crippen LogP contribution in [0.5, 0.6) is 0 Å². The molecule has 23 heavy (non-hydrogen) atoms. The fourth-order valence-electron chi connectivity index (χ4n) is 3.06. The Morgan fingerprint density at radius 2 is 2.04 bits per heavy atom. The van der Waals surface area contributed by atoms with Gasteiger partial charge in [-0.3, -0.25) is 4.79 Å². The molecule has 2 fully saturated rings. The summed E-state index contributed by atoms with van der Waals surface area (Å²) in [6.45, 7) is 0.147. The van der Waals surface area contributed by atoms with Gasteiger partial charge >= 0.3 is 0 Å². The van der Waals surface area contributed by atoms with E-state index in [1.807, 2.05) is 0 Å². The third kappa shape index (κ3) is 4.04. The van der Waals surface area contributed by atoms with Crippen LogP contribution in [0, 0.1) is 11.7 Å². The van der Waals surface area contributed by atoms with E-state index in [0.717, 1.165) is 12.8 Å². The Kier molecular flexibility index (Phi) is 4.65. The van der Waals surface area contributed by atoms with Gasteiger partial charge in [0.25, 0.3) is 0 Å². The van der Waals surface area contributed by atoms with Crippen molar-refractivity contribution < 1.29 is 17.6 Å². The molecular weight excluding hydrogens is 341 g/mol. The largest absolute Gasteiger partial charge is 0.335 e. The summed E-state index contributed by atoms with van der Waals surface area (Å²) in [5, 5.41) is 0.312. The third-order valence-corrected chi connectivity index (χ3v) is 6.68. The number of hydrogen-bond acceptors (Lipinski definition) is 3. The van der Waals surface area contributed by atoms with Crippen LogP contribution in [0.4, 0.5) is 4.39 Å². The number of nitrogens with zero attached hydrogens (tertiary/aromatic N) is 1. The molecule has 0 radical (unpaired) electrons. The minimum absolute atomic E-state index is 0.0811. The molecule has 1 saturated heterocycles. The molecule has 7 heteroatoms. The van der Waals surface area contributed by atoms with E-state index in [4.69, 9.17) is 11.6 Å². The molecule has 1 aliphatic carbocycles. The van der Waals surface area contributed by atoms with Crippen LogP contribution in [0.1, 0.15) is 31.2 Å². The van der Waals surface area contributed by atoms with E-state index in [-0.39, 0.29) is 42.3 Å². The molecule has 0 unspecified atom stereocenters. The summed E-state index contributed by atoms with van der Waals surface area (Å²) in [6, 6.07) is 4.60. The van der Waals surface area contributed by atoms with Crippen LogP contribution >= 0.6 is 11.6 Å². The van der Waals surface area contributed by atoms with Crippen molar-refractivity contribution >= 4 is 27.3 Å². The first kappa shape index (κ1) is 16.7. The maximum absolute atomic E-state index is 14.0. The Balaban J connectivity index is 1.71. The second kappa shape index (κ2) is 6.40. The van der Waals surface area contributed by atoms with Crippen molar-refractivity contribution in [2.24, 2.45) is 5.92 Å². The average Bonchev–Trinajstić information content (AvgIpc) is 3.23. The van der Waals surface area contributed by atoms with Gasteiger partial charge in [0.2, 0.25) is 5.91 Å². The van der Waals surface area contributed by atoms with Gasteiger partial charge < -0.3 is 4.90 Å². The zero-order valence-electron chi connectivity index (χ0n) is 12.7. The van der Waals surface area contributed by atoms with Crippen LogP contribution < -0.4 is 0 Å². The Labute approximate surface area is 140 Å². The first-order valence-corrected chi connectivity index (χ1v) is 9.98. The number of halogens is 2. The molecule has 2 aliphatic rings. The highest BCUT2D eigenvalue weighted by Crippen LogP contribution is 2.32. The summed E-state index contributed by atoms with van der Waals surface area (Å²) in [4.78, 5) is 14.2. The van der Waals surface area contributed by atoms with Crippen molar-refractivity contribution in [3.8, 4) is 0 Å². The number of benzene rings is 1. The first-order valence-electron chi connectivity index (χ1n) is 7.78. The van der Waals surface area contributed by atoms with Gasteiger partial charge in [0.1, 0.15) is 5.82 Å². The quantitative estimate of drug-likeness (QED) is 0.812. The summed E-state index contributed by atoms with van der Waals surface area (Å²) in [5.74, 6) is -0.399. The second-order valence-electron chi connectivity index (χ2n) is 6.43. The van der Waals surface area contributed by atoms with Crippen LogP contribution in [0.3, 0.4) is 0 Å². The maximum atomic E-state index is 14.0. The SMILES string of the molecule is O=C(C[C@@H]1CCS(=O)(=O)C1)N(Cc1c(F)cccc1Cl)C1CC1. The van der Waals surface area contributed by atoms with E-state index >= 15 is 0 Å². The number of sulfone groups is 1. The molecule has 1 aliphatic heterocycles. The summed E-state index contributed by atoms with van der Waals surface area (Å²) < 4.78 is 37.0. The fourth-order valence-corrected chi connectivity index (χ4v) is 5.14. The predicted octanol–water partition coefficient (Wildman–Crippen LogP) is 2.79. The van der Waals surface area contributed by atoms with Crippen LogP contribution in [0.15, 0.2) is 18.2 Å². The van der Waals surface area contributed by atoms with Crippen LogP contribution in [-0.2, 0) is 21.2 Å². The zero-order valence-corrected chi connectivity index (χ0v) is 14.2. The second-order valence-corrected chi connectivity index (χ2v) is 9.06. The molecule has 4 nitrogen and oxygen atoms in total. The van der Waals surface area contributed by atoms with Crippen molar-refractivity contribution in [1.82, 2.24) is 4.90 Å². The first-order chi connectivity index (χ1) is 10.9. The van der Waals surface area contributed by atoms with Gasteiger partial charge in [-0.25, -0.2) is 12.8 Å². The lowest BCUT2D eigenvalue weighted by atomic mass is 10.0. The van der Waals surface area contributed by atoms with Crippen molar-refractivity contribution in [2.45, 2.75) is 38.3 Å². The Morgan fingerprint density at radius 1 is 1.30 bits per heavy atom. The van der Waals surface area contributed by atoms with Gasteiger partial charge in [-0.05, 0) is 37.3 Å². The van der Waals surface area contributed by atoms with Gasteiger partial charge in [-0.2, -0.15) is 0 Å². The summed E-state index contributed by atoms with van der Waals surface area (Å²) in [6.07, 6.45) is 2.55. The standard InChI is InChI=1S/C16H19ClFNO3S/c17-14-2-1-3-15(18)13(14)9-19(12-4-5-12)16(20)8-11-6-7-23(21,22)10-11/h1-3,11-12H,4-10H2/t11-/m0/s1. The number of hydrogen-bond donors (Lipinski definition) is 0. The molecule has 1 atom stereocenters. The fraction of sp³-hybridized carbons (Fsp3) is 0.562. The Hall–Kier alpha value is -1.14. The van der Waals surface area contributed by atoms with Gasteiger partial charge in [-0.15, -0.1) is 0 Å². The number of carbonyl (C=O) groups excluding carboxylic acids is 1. The summed E-state index contributed by atoms with van der Waals surface area (Å²) in [7, 11) is -3.00. The third-order valence-electron chi connectivity index (χ3n) is 4.49. The molecule has 3 rings (SSSR count). The minimum atomic E-state index is -3.00. The Bertz CT molecular complexity index is 698. The van der Waals surface area contributed by atoms with Crippen molar-refractivity contribution in [3.63, 3.8) is 0 Å². The lowest BCUT2D eigenvalue weighted by Crippen LogP contribution is -2.34. The number of carbonyl (C=O) groups is 1. The lowest BCUT2D eigenvalue weighted by Gasteiger charge is -2.24. The molecule has 1 heterocycles. The van der Waals surface area contributed by atoms with Gasteiger partial charge in [0.05, 0.1) is 18.1 Å². The van der Waals surface area contributed by atoms with E-state index in [1.165, 1.54) is 12.1 Å². The van der Waals surface area contributed by atoms with Crippen LogP contribution in [0.25, 0.3) is 0 Å². The van der Waals surface area contributed by atoms with E-state index in [0.29, 0.717) is 17.0 Å². The molecule has 1 aromatic carbocycles. The van der Waals surface area contributed by atoms with Crippen molar-refractivity contribution in [3.05, 3.63) is 34.6 Å². The van der Waals surface area contributed by atoms with Gasteiger partial charge in [0.15, 0.2) is 9.84 Å². The van der Waals surface area contributed by atoms with Crippen LogP contribution in [-0.4, -0.2) is 36.8 Å². The van der Waals surface area contributed by atoms with Crippen LogP contribution in [0.2, 0.25) is 5.02 Å². The van der Waals surface area contributed by atoms with E-state index in [2.05, 4.69) is 0 Å². The molecule has 1 saturated carbocycles. The number of rotatable bonds is 5. The van der Waals surface area contributed by atoms with Gasteiger partial charge in [0, 0.05) is 23.0 Å². The van der Waals surface area contributed by atoms with E-state index in [9.17, 15) is 17.6 Å². The topological polar surface area (TPSA) is 54.5 Å². The molecule has 0 bridgehead atoms. The normalized spacial score (nSPS) is 23.0. The zero-order chi connectivity index (χ0) is 16.6. The molecule has 1 amide bonds. The molecule has 126 valence electrons. The lowest BCUT2D eigenvalue weighted by molar-refractivity contribution is -0.133. The molecular formula is C16H19ClFNO3S.